The minimum atomic E-state index is 0.480. The van der Waals surface area contributed by atoms with E-state index in [1.165, 1.54) is 0 Å². The van der Waals surface area contributed by atoms with E-state index in [4.69, 9.17) is 16.7 Å². The van der Waals surface area contributed by atoms with Crippen LogP contribution in [0.4, 0.5) is 5.69 Å². The predicted octanol–water partition coefficient (Wildman–Crippen LogP) is 4.02. The van der Waals surface area contributed by atoms with Crippen LogP contribution in [0.1, 0.15) is 12.8 Å². The number of benzene rings is 1. The Bertz CT molecular complexity index is 756. The highest BCUT2D eigenvalue weighted by Gasteiger charge is 2.15. The molecule has 3 aromatic rings. The van der Waals surface area contributed by atoms with Crippen LogP contribution in [0, 0.1) is 0 Å². The third kappa shape index (κ3) is 3.94. The first-order chi connectivity index (χ1) is 11.3. The van der Waals surface area contributed by atoms with E-state index in [-0.39, 0.29) is 0 Å². The summed E-state index contributed by atoms with van der Waals surface area (Å²) >= 11 is 7.05. The molecular formula is C16H16N4OS2. The molecule has 23 heavy (non-hydrogen) atoms. The van der Waals surface area contributed by atoms with E-state index in [0.717, 1.165) is 17.1 Å². The van der Waals surface area contributed by atoms with E-state index in [0.29, 0.717) is 23.4 Å². The van der Waals surface area contributed by atoms with Crippen LogP contribution in [-0.4, -0.2) is 26.7 Å². The molecule has 2 heterocycles. The Labute approximate surface area is 143 Å². The van der Waals surface area contributed by atoms with E-state index in [1.54, 1.807) is 11.3 Å². The molecule has 0 radical (unpaired) electrons. The fourth-order valence-electron chi connectivity index (χ4n) is 2.04. The van der Waals surface area contributed by atoms with Crippen molar-refractivity contribution in [3.8, 4) is 10.7 Å². The number of nitrogens with zero attached hydrogens (tertiary/aromatic N) is 3. The van der Waals surface area contributed by atoms with Crippen molar-refractivity contribution in [2.75, 3.05) is 11.9 Å². The smallest absolute Gasteiger partial charge is 0.246 e. The Morgan fingerprint density at radius 1 is 1.26 bits per heavy atom. The molecule has 0 aliphatic carbocycles. The van der Waals surface area contributed by atoms with Gasteiger partial charge in [0.2, 0.25) is 11.7 Å². The predicted molar refractivity (Wildman–Crippen MR) is 96.4 cm³/mol. The lowest BCUT2D eigenvalue weighted by atomic mass is 10.3. The Morgan fingerprint density at radius 2 is 2.09 bits per heavy atom. The van der Waals surface area contributed by atoms with Gasteiger partial charge in [-0.1, -0.05) is 29.4 Å². The van der Waals surface area contributed by atoms with Crippen molar-refractivity contribution in [3.05, 3.63) is 53.7 Å². The van der Waals surface area contributed by atoms with Crippen molar-refractivity contribution < 1.29 is 4.52 Å². The average molecular weight is 344 g/mol. The third-order valence-corrected chi connectivity index (χ3v) is 4.46. The van der Waals surface area contributed by atoms with E-state index < -0.39 is 0 Å². The zero-order valence-electron chi connectivity index (χ0n) is 12.6. The maximum atomic E-state index is 5.47. The molecule has 0 unspecified atom stereocenters. The molecule has 0 saturated heterocycles. The van der Waals surface area contributed by atoms with Gasteiger partial charge < -0.3 is 14.7 Å². The summed E-state index contributed by atoms with van der Waals surface area (Å²) in [6, 6.07) is 13.8. The topological polar surface area (TPSA) is 54.2 Å². The standard InChI is InChI=1S/C16H16N4OS2/c1-2-20(16(22)17-12-7-4-3-5-8-12)11-14-18-15(19-21-14)13-9-6-10-23-13/h3-10H,2,11H2,1H3,(H,17,22). The summed E-state index contributed by atoms with van der Waals surface area (Å²) in [5.41, 5.74) is 0.959. The lowest BCUT2D eigenvalue weighted by Crippen LogP contribution is -2.34. The molecule has 0 amide bonds. The lowest BCUT2D eigenvalue weighted by molar-refractivity contribution is 0.320. The van der Waals surface area contributed by atoms with E-state index in [1.807, 2.05) is 59.7 Å². The van der Waals surface area contributed by atoms with Crippen molar-refractivity contribution in [2.24, 2.45) is 0 Å². The van der Waals surface area contributed by atoms with Crippen LogP contribution in [-0.2, 0) is 6.54 Å². The van der Waals surface area contributed by atoms with Crippen molar-refractivity contribution in [1.29, 1.82) is 0 Å². The molecule has 118 valence electrons. The van der Waals surface area contributed by atoms with E-state index in [9.17, 15) is 0 Å². The van der Waals surface area contributed by atoms with Crippen LogP contribution >= 0.6 is 23.6 Å². The molecule has 7 heteroatoms. The first-order valence-electron chi connectivity index (χ1n) is 7.23. The second-order valence-corrected chi connectivity index (χ2v) is 6.13. The van der Waals surface area contributed by atoms with Crippen LogP contribution < -0.4 is 5.32 Å². The van der Waals surface area contributed by atoms with Gasteiger partial charge >= 0.3 is 0 Å². The zero-order chi connectivity index (χ0) is 16.1. The highest BCUT2D eigenvalue weighted by Crippen LogP contribution is 2.21. The Hall–Kier alpha value is -2.25. The number of anilines is 1. The summed E-state index contributed by atoms with van der Waals surface area (Å²) in [6.07, 6.45) is 0. The van der Waals surface area contributed by atoms with Gasteiger partial charge in [-0.25, -0.2) is 0 Å². The molecule has 3 rings (SSSR count). The number of hydrogen-bond acceptors (Lipinski definition) is 5. The van der Waals surface area contributed by atoms with E-state index in [2.05, 4.69) is 15.5 Å². The quantitative estimate of drug-likeness (QED) is 0.706. The summed E-state index contributed by atoms with van der Waals surface area (Å²) in [6.45, 7) is 3.26. The summed E-state index contributed by atoms with van der Waals surface area (Å²) < 4.78 is 5.34. The molecule has 0 aliphatic rings. The van der Waals surface area contributed by atoms with Gasteiger partial charge in [0.05, 0.1) is 11.4 Å². The fourth-order valence-corrected chi connectivity index (χ4v) is 3.00. The molecule has 5 nitrogen and oxygen atoms in total. The largest absolute Gasteiger partial charge is 0.340 e. The van der Waals surface area contributed by atoms with Crippen molar-refractivity contribution in [2.45, 2.75) is 13.5 Å². The van der Waals surface area contributed by atoms with Crippen LogP contribution in [0.25, 0.3) is 10.7 Å². The first kappa shape index (κ1) is 15.6. The summed E-state index contributed by atoms with van der Waals surface area (Å²) in [4.78, 5) is 7.41. The average Bonchev–Trinajstić information content (AvgIpc) is 3.24. The molecule has 0 spiro atoms. The van der Waals surface area contributed by atoms with Gasteiger partial charge in [-0.05, 0) is 42.7 Å². The maximum absolute atomic E-state index is 5.47. The molecule has 0 atom stereocenters. The van der Waals surface area contributed by atoms with Crippen LogP contribution in [0.2, 0.25) is 0 Å². The molecular weight excluding hydrogens is 328 g/mol. The minimum absolute atomic E-state index is 0.480. The van der Waals surface area contributed by atoms with Crippen LogP contribution in [0.3, 0.4) is 0 Å². The third-order valence-electron chi connectivity index (χ3n) is 3.23. The number of aromatic nitrogens is 2. The number of thiophene rings is 1. The maximum Gasteiger partial charge on any atom is 0.246 e. The van der Waals surface area contributed by atoms with Gasteiger partial charge in [0.1, 0.15) is 0 Å². The number of thiocarbonyl (C=S) groups is 1. The monoisotopic (exact) mass is 344 g/mol. The Morgan fingerprint density at radius 3 is 2.78 bits per heavy atom. The molecule has 1 aromatic carbocycles. The SMILES string of the molecule is CCN(Cc1nc(-c2cccs2)no1)C(=S)Nc1ccccc1. The highest BCUT2D eigenvalue weighted by atomic mass is 32.1. The Balaban J connectivity index is 1.66. The van der Waals surface area contributed by atoms with Crippen LogP contribution in [0.15, 0.2) is 52.4 Å². The number of hydrogen-bond donors (Lipinski definition) is 1. The van der Waals surface area contributed by atoms with E-state index >= 15 is 0 Å². The number of rotatable bonds is 5. The normalized spacial score (nSPS) is 10.5. The second-order valence-electron chi connectivity index (χ2n) is 4.80. The summed E-state index contributed by atoms with van der Waals surface area (Å²) in [5, 5.41) is 9.86. The first-order valence-corrected chi connectivity index (χ1v) is 8.52. The molecule has 0 bridgehead atoms. The van der Waals surface area contributed by atoms with Crippen LogP contribution in [0.5, 0.6) is 0 Å². The highest BCUT2D eigenvalue weighted by molar-refractivity contribution is 7.80. The van der Waals surface area contributed by atoms with Gasteiger partial charge in [0.25, 0.3) is 0 Å². The van der Waals surface area contributed by atoms with Gasteiger partial charge in [-0.2, -0.15) is 4.98 Å². The molecule has 0 saturated carbocycles. The molecule has 0 aliphatic heterocycles. The molecule has 0 fully saturated rings. The zero-order valence-corrected chi connectivity index (χ0v) is 14.2. The van der Waals surface area contributed by atoms with Crippen molar-refractivity contribution in [3.63, 3.8) is 0 Å². The summed E-state index contributed by atoms with van der Waals surface area (Å²) in [5.74, 6) is 1.17. The number of para-hydroxylation sites is 1. The van der Waals surface area contributed by atoms with Gasteiger partial charge in [-0.3, -0.25) is 0 Å². The summed E-state index contributed by atoms with van der Waals surface area (Å²) in [7, 11) is 0. The molecule has 1 N–H and O–H groups in total. The van der Waals surface area contributed by atoms with Gasteiger partial charge in [-0.15, -0.1) is 11.3 Å². The minimum Gasteiger partial charge on any atom is -0.340 e. The second kappa shape index (κ2) is 7.34. The number of nitrogens with one attached hydrogen (secondary N) is 1. The fraction of sp³-hybridized carbons (Fsp3) is 0.188. The molecule has 2 aromatic heterocycles. The lowest BCUT2D eigenvalue weighted by Gasteiger charge is -2.22. The van der Waals surface area contributed by atoms with Crippen molar-refractivity contribution >= 4 is 34.4 Å². The van der Waals surface area contributed by atoms with Gasteiger partial charge in [0, 0.05) is 12.2 Å². The Kier molecular flexibility index (Phi) is 4.99. The van der Waals surface area contributed by atoms with Crippen molar-refractivity contribution in [1.82, 2.24) is 15.0 Å². The van der Waals surface area contributed by atoms with Gasteiger partial charge in [0.15, 0.2) is 5.11 Å².